The normalized spacial score (nSPS) is 16.8. The number of aryl methyl sites for hydroxylation is 1. The molecular weight excluding hydrogens is 322 g/mol. The minimum Gasteiger partial charge on any atom is -0.390 e. The number of nitrogens with zero attached hydrogens (tertiary/aromatic N) is 2. The molecule has 1 aliphatic heterocycles. The van der Waals surface area contributed by atoms with Crippen LogP contribution in [0.15, 0.2) is 54.6 Å². The van der Waals surface area contributed by atoms with E-state index in [2.05, 4.69) is 70.2 Å². The lowest BCUT2D eigenvalue weighted by molar-refractivity contribution is 0.0930. The highest BCUT2D eigenvalue weighted by Crippen LogP contribution is 2.33. The quantitative estimate of drug-likeness (QED) is 0.744. The summed E-state index contributed by atoms with van der Waals surface area (Å²) in [6, 6.07) is 19.0. The van der Waals surface area contributed by atoms with Crippen LogP contribution in [-0.4, -0.2) is 53.4 Å². The Kier molecular flexibility index (Phi) is 5.07. The van der Waals surface area contributed by atoms with Crippen molar-refractivity contribution in [1.82, 2.24) is 14.8 Å². The van der Waals surface area contributed by atoms with Crippen molar-refractivity contribution >= 4 is 10.9 Å². The maximum Gasteiger partial charge on any atom is 0.0845 e. The number of para-hydroxylation sites is 1. The van der Waals surface area contributed by atoms with Gasteiger partial charge in [0.2, 0.25) is 0 Å². The third-order valence-corrected chi connectivity index (χ3v) is 5.34. The first-order chi connectivity index (χ1) is 12.7. The Hall–Kier alpha value is -2.14. The van der Waals surface area contributed by atoms with Crippen molar-refractivity contribution in [2.75, 3.05) is 32.7 Å². The van der Waals surface area contributed by atoms with Crippen LogP contribution in [0, 0.1) is 6.92 Å². The highest BCUT2D eigenvalue weighted by atomic mass is 16.3. The topological polar surface area (TPSA) is 40.4 Å². The average molecular weight is 349 g/mol. The van der Waals surface area contributed by atoms with Gasteiger partial charge < -0.3 is 15.0 Å². The zero-order chi connectivity index (χ0) is 17.9. The lowest BCUT2D eigenvalue weighted by atomic mass is 10.1. The molecule has 3 aromatic rings. The van der Waals surface area contributed by atoms with Gasteiger partial charge in [-0.05, 0) is 24.1 Å². The van der Waals surface area contributed by atoms with Crippen LogP contribution in [0.3, 0.4) is 0 Å². The van der Waals surface area contributed by atoms with Gasteiger partial charge in [-0.25, -0.2) is 0 Å². The first-order valence-corrected chi connectivity index (χ1v) is 9.48. The molecule has 1 saturated heterocycles. The fraction of sp³-hybridized carbons (Fsp3) is 0.364. The molecule has 0 amide bonds. The predicted molar refractivity (Wildman–Crippen MR) is 107 cm³/mol. The van der Waals surface area contributed by atoms with Gasteiger partial charge in [-0.3, -0.25) is 4.90 Å². The fourth-order valence-corrected chi connectivity index (χ4v) is 4.09. The molecule has 1 fully saturated rings. The van der Waals surface area contributed by atoms with Gasteiger partial charge in [-0.1, -0.05) is 48.5 Å². The molecule has 0 saturated carbocycles. The van der Waals surface area contributed by atoms with E-state index in [0.29, 0.717) is 6.54 Å². The minimum absolute atomic E-state index is 0.384. The number of fused-ring (bicyclic) bond motifs is 1. The molecule has 2 heterocycles. The van der Waals surface area contributed by atoms with Gasteiger partial charge in [-0.15, -0.1) is 0 Å². The van der Waals surface area contributed by atoms with Crippen LogP contribution in [0.4, 0.5) is 0 Å². The molecule has 1 aromatic heterocycles. The standard InChI is InChI=1S/C22H27N3O/c1-17-20-9-5-6-10-21(20)25(22(17)18-7-3-2-4-8-18)16-19(26)15-24-13-11-23-12-14-24/h2-10,19,23,26H,11-16H2,1H3. The summed E-state index contributed by atoms with van der Waals surface area (Å²) in [5.41, 5.74) is 4.89. The summed E-state index contributed by atoms with van der Waals surface area (Å²) in [4.78, 5) is 2.35. The zero-order valence-electron chi connectivity index (χ0n) is 15.4. The summed E-state index contributed by atoms with van der Waals surface area (Å²) in [6.45, 7) is 7.55. The number of aliphatic hydroxyl groups excluding tert-OH is 1. The van der Waals surface area contributed by atoms with E-state index in [-0.39, 0.29) is 6.10 Å². The van der Waals surface area contributed by atoms with Gasteiger partial charge in [0.25, 0.3) is 0 Å². The Morgan fingerprint density at radius 3 is 2.42 bits per heavy atom. The summed E-state index contributed by atoms with van der Waals surface area (Å²) in [6.07, 6.45) is -0.384. The van der Waals surface area contributed by atoms with Crippen LogP contribution in [0.1, 0.15) is 5.56 Å². The molecule has 4 heteroatoms. The van der Waals surface area contributed by atoms with Crippen LogP contribution in [0.5, 0.6) is 0 Å². The Labute approximate surface area is 155 Å². The summed E-state index contributed by atoms with van der Waals surface area (Å²) in [5.74, 6) is 0. The van der Waals surface area contributed by atoms with E-state index in [9.17, 15) is 5.11 Å². The molecule has 1 unspecified atom stereocenters. The molecular formula is C22H27N3O. The molecule has 2 N–H and O–H groups in total. The highest BCUT2D eigenvalue weighted by molar-refractivity contribution is 5.91. The molecule has 136 valence electrons. The van der Waals surface area contributed by atoms with Crippen molar-refractivity contribution in [2.24, 2.45) is 0 Å². The number of β-amino-alcohol motifs (C(OH)–C–C–N with tert-alkyl or cyclic N) is 1. The number of aromatic nitrogens is 1. The van der Waals surface area contributed by atoms with Crippen LogP contribution in [0.25, 0.3) is 22.2 Å². The van der Waals surface area contributed by atoms with Crippen LogP contribution in [0.2, 0.25) is 0 Å². The number of rotatable bonds is 5. The minimum atomic E-state index is -0.384. The predicted octanol–water partition coefficient (Wildman–Crippen LogP) is 2.88. The van der Waals surface area contributed by atoms with Crippen molar-refractivity contribution in [1.29, 1.82) is 0 Å². The van der Waals surface area contributed by atoms with Crippen LogP contribution < -0.4 is 5.32 Å². The average Bonchev–Trinajstić information content (AvgIpc) is 2.95. The monoisotopic (exact) mass is 349 g/mol. The molecule has 0 aliphatic carbocycles. The highest BCUT2D eigenvalue weighted by Gasteiger charge is 2.20. The molecule has 4 nitrogen and oxygen atoms in total. The van der Waals surface area contributed by atoms with E-state index in [1.807, 2.05) is 6.07 Å². The Morgan fingerprint density at radius 2 is 1.65 bits per heavy atom. The number of aliphatic hydroxyl groups is 1. The lowest BCUT2D eigenvalue weighted by Gasteiger charge is -2.29. The summed E-state index contributed by atoms with van der Waals surface area (Å²) < 4.78 is 2.30. The second-order valence-electron chi connectivity index (χ2n) is 7.17. The number of nitrogens with one attached hydrogen (secondary N) is 1. The number of benzene rings is 2. The summed E-state index contributed by atoms with van der Waals surface area (Å²) in [7, 11) is 0. The fourth-order valence-electron chi connectivity index (χ4n) is 4.09. The largest absolute Gasteiger partial charge is 0.390 e. The summed E-state index contributed by atoms with van der Waals surface area (Å²) >= 11 is 0. The molecule has 0 radical (unpaired) electrons. The molecule has 4 rings (SSSR count). The van der Waals surface area contributed by atoms with E-state index in [1.165, 1.54) is 27.7 Å². The first-order valence-electron chi connectivity index (χ1n) is 9.48. The Balaban J connectivity index is 1.69. The molecule has 26 heavy (non-hydrogen) atoms. The van der Waals surface area contributed by atoms with E-state index in [4.69, 9.17) is 0 Å². The lowest BCUT2D eigenvalue weighted by Crippen LogP contribution is -2.46. The van der Waals surface area contributed by atoms with Gasteiger partial charge in [-0.2, -0.15) is 0 Å². The van der Waals surface area contributed by atoms with E-state index >= 15 is 0 Å². The third kappa shape index (κ3) is 3.40. The van der Waals surface area contributed by atoms with E-state index in [1.54, 1.807) is 0 Å². The van der Waals surface area contributed by atoms with Gasteiger partial charge in [0.1, 0.15) is 0 Å². The van der Waals surface area contributed by atoms with Crippen LogP contribution in [-0.2, 0) is 6.54 Å². The van der Waals surface area contributed by atoms with E-state index < -0.39 is 0 Å². The molecule has 2 aromatic carbocycles. The van der Waals surface area contributed by atoms with Gasteiger partial charge in [0, 0.05) is 43.6 Å². The maximum absolute atomic E-state index is 10.8. The third-order valence-electron chi connectivity index (χ3n) is 5.34. The Bertz CT molecular complexity index is 866. The second-order valence-corrected chi connectivity index (χ2v) is 7.17. The van der Waals surface area contributed by atoms with E-state index in [0.717, 1.165) is 32.7 Å². The number of hydrogen-bond donors (Lipinski definition) is 2. The Morgan fingerprint density at radius 1 is 0.962 bits per heavy atom. The number of hydrogen-bond acceptors (Lipinski definition) is 3. The van der Waals surface area contributed by atoms with Gasteiger partial charge >= 0.3 is 0 Å². The maximum atomic E-state index is 10.8. The molecule has 0 bridgehead atoms. The van der Waals surface area contributed by atoms with Crippen molar-refractivity contribution < 1.29 is 5.11 Å². The van der Waals surface area contributed by atoms with Gasteiger partial charge in [0.05, 0.1) is 18.3 Å². The SMILES string of the molecule is Cc1c(-c2ccccc2)n(CC(O)CN2CCNCC2)c2ccccc12. The van der Waals surface area contributed by atoms with Crippen LogP contribution >= 0.6 is 0 Å². The van der Waals surface area contributed by atoms with Crippen molar-refractivity contribution in [3.63, 3.8) is 0 Å². The smallest absolute Gasteiger partial charge is 0.0845 e. The van der Waals surface area contributed by atoms with Gasteiger partial charge in [0.15, 0.2) is 0 Å². The number of piperazine rings is 1. The molecule has 1 aliphatic rings. The zero-order valence-corrected chi connectivity index (χ0v) is 15.4. The molecule has 1 atom stereocenters. The first kappa shape index (κ1) is 17.3. The van der Waals surface area contributed by atoms with Crippen molar-refractivity contribution in [3.8, 4) is 11.3 Å². The summed E-state index contributed by atoms with van der Waals surface area (Å²) in [5, 5.41) is 15.4. The van der Waals surface area contributed by atoms with Crippen molar-refractivity contribution in [2.45, 2.75) is 19.6 Å². The van der Waals surface area contributed by atoms with Crippen molar-refractivity contribution in [3.05, 3.63) is 60.2 Å². The second kappa shape index (κ2) is 7.62. The molecule has 0 spiro atoms.